The molecule has 0 saturated heterocycles. The van der Waals surface area contributed by atoms with Gasteiger partial charge >= 0.3 is 0 Å². The largest absolute Gasteiger partial charge is 0.330 e. The molecule has 0 radical (unpaired) electrons. The molecular weight excluding hydrogens is 240 g/mol. The number of thiophene rings is 1. The normalized spacial score (nSPS) is 12.3. The number of rotatable bonds is 9. The first-order chi connectivity index (χ1) is 8.57. The summed E-state index contributed by atoms with van der Waals surface area (Å²) in [4.78, 5) is 4.00. The maximum atomic E-state index is 5.65. The van der Waals surface area contributed by atoms with Crippen LogP contribution in [0.1, 0.15) is 44.9 Å². The first-order valence-corrected chi connectivity index (χ1v) is 7.90. The summed E-state index contributed by atoms with van der Waals surface area (Å²) in [6.45, 7) is 11.1. The third-order valence-electron chi connectivity index (χ3n) is 3.56. The SMILES string of the molecule is CCN(CCCC(C)(C)CCN)Cc1cccs1. The monoisotopic (exact) mass is 268 g/mol. The Labute approximate surface area is 116 Å². The lowest BCUT2D eigenvalue weighted by Crippen LogP contribution is -2.25. The molecule has 18 heavy (non-hydrogen) atoms. The lowest BCUT2D eigenvalue weighted by molar-refractivity contribution is 0.238. The Morgan fingerprint density at radius 2 is 2.11 bits per heavy atom. The van der Waals surface area contributed by atoms with Crippen LogP contribution in [0.4, 0.5) is 0 Å². The average Bonchev–Trinajstić information content (AvgIpc) is 2.80. The van der Waals surface area contributed by atoms with Gasteiger partial charge < -0.3 is 5.73 Å². The third kappa shape index (κ3) is 5.98. The fraction of sp³-hybridized carbons (Fsp3) is 0.733. The van der Waals surface area contributed by atoms with Gasteiger partial charge in [-0.05, 0) is 55.8 Å². The van der Waals surface area contributed by atoms with E-state index in [9.17, 15) is 0 Å². The van der Waals surface area contributed by atoms with E-state index in [2.05, 4.69) is 43.2 Å². The van der Waals surface area contributed by atoms with Crippen LogP contribution in [-0.4, -0.2) is 24.5 Å². The first-order valence-electron chi connectivity index (χ1n) is 7.02. The summed E-state index contributed by atoms with van der Waals surface area (Å²) in [5.41, 5.74) is 6.05. The van der Waals surface area contributed by atoms with Gasteiger partial charge in [0.05, 0.1) is 0 Å². The Morgan fingerprint density at radius 1 is 1.33 bits per heavy atom. The molecule has 0 saturated carbocycles. The Balaban J connectivity index is 2.27. The third-order valence-corrected chi connectivity index (χ3v) is 4.42. The quantitative estimate of drug-likeness (QED) is 0.739. The van der Waals surface area contributed by atoms with Crippen molar-refractivity contribution in [1.82, 2.24) is 4.90 Å². The van der Waals surface area contributed by atoms with E-state index in [0.29, 0.717) is 5.41 Å². The Morgan fingerprint density at radius 3 is 2.67 bits per heavy atom. The van der Waals surface area contributed by atoms with E-state index < -0.39 is 0 Å². The predicted octanol–water partition coefficient (Wildman–Crippen LogP) is 3.73. The van der Waals surface area contributed by atoms with Gasteiger partial charge in [-0.3, -0.25) is 4.90 Å². The van der Waals surface area contributed by atoms with Gasteiger partial charge in [-0.15, -0.1) is 11.3 Å². The molecule has 0 aliphatic rings. The van der Waals surface area contributed by atoms with Crippen molar-refractivity contribution in [1.29, 1.82) is 0 Å². The van der Waals surface area contributed by atoms with Crippen molar-refractivity contribution in [3.63, 3.8) is 0 Å². The molecule has 0 aliphatic carbocycles. The average molecular weight is 268 g/mol. The predicted molar refractivity (Wildman–Crippen MR) is 82.0 cm³/mol. The van der Waals surface area contributed by atoms with Gasteiger partial charge in [0.25, 0.3) is 0 Å². The molecule has 0 aromatic carbocycles. The minimum atomic E-state index is 0.400. The van der Waals surface area contributed by atoms with Crippen LogP contribution >= 0.6 is 11.3 Å². The van der Waals surface area contributed by atoms with Crippen LogP contribution in [-0.2, 0) is 6.54 Å². The molecule has 3 heteroatoms. The van der Waals surface area contributed by atoms with Crippen molar-refractivity contribution < 1.29 is 0 Å². The van der Waals surface area contributed by atoms with Crippen molar-refractivity contribution in [2.75, 3.05) is 19.6 Å². The standard InChI is InChI=1S/C15H28N2S/c1-4-17(13-14-7-5-12-18-14)11-6-8-15(2,3)9-10-16/h5,7,12H,4,6,8-11,13,16H2,1-3H3. The lowest BCUT2D eigenvalue weighted by Gasteiger charge is -2.26. The second kappa shape index (κ2) is 7.93. The number of nitrogens with zero attached hydrogens (tertiary/aromatic N) is 1. The molecule has 1 rings (SSSR count). The summed E-state index contributed by atoms with van der Waals surface area (Å²) in [6.07, 6.45) is 3.67. The maximum absolute atomic E-state index is 5.65. The van der Waals surface area contributed by atoms with Gasteiger partial charge in [-0.25, -0.2) is 0 Å². The van der Waals surface area contributed by atoms with Crippen molar-refractivity contribution in [2.45, 2.75) is 46.6 Å². The van der Waals surface area contributed by atoms with Gasteiger partial charge in [0.1, 0.15) is 0 Å². The fourth-order valence-electron chi connectivity index (χ4n) is 2.27. The fourth-order valence-corrected chi connectivity index (χ4v) is 3.02. The second-order valence-corrected chi connectivity index (χ2v) is 6.79. The van der Waals surface area contributed by atoms with E-state index in [1.54, 1.807) is 0 Å². The Hall–Kier alpha value is -0.380. The first kappa shape index (κ1) is 15.7. The minimum absolute atomic E-state index is 0.400. The van der Waals surface area contributed by atoms with E-state index in [0.717, 1.165) is 26.1 Å². The Bertz CT molecular complexity index is 306. The molecule has 0 amide bonds. The van der Waals surface area contributed by atoms with Gasteiger partial charge in [0, 0.05) is 11.4 Å². The van der Waals surface area contributed by atoms with E-state index in [1.165, 1.54) is 24.3 Å². The molecule has 2 nitrogen and oxygen atoms in total. The van der Waals surface area contributed by atoms with Crippen LogP contribution in [0.5, 0.6) is 0 Å². The van der Waals surface area contributed by atoms with Crippen molar-refractivity contribution >= 4 is 11.3 Å². The zero-order valence-corrected chi connectivity index (χ0v) is 12.9. The number of hydrogen-bond acceptors (Lipinski definition) is 3. The summed E-state index contributed by atoms with van der Waals surface area (Å²) >= 11 is 1.86. The van der Waals surface area contributed by atoms with Crippen LogP contribution in [0.3, 0.4) is 0 Å². The highest BCUT2D eigenvalue weighted by Crippen LogP contribution is 2.26. The zero-order valence-electron chi connectivity index (χ0n) is 12.1. The molecule has 0 spiro atoms. The molecule has 0 bridgehead atoms. The van der Waals surface area contributed by atoms with Gasteiger partial charge in [-0.1, -0.05) is 26.8 Å². The van der Waals surface area contributed by atoms with Crippen LogP contribution in [0, 0.1) is 5.41 Å². The molecule has 1 aromatic heterocycles. The molecule has 2 N–H and O–H groups in total. The van der Waals surface area contributed by atoms with Crippen LogP contribution in [0.25, 0.3) is 0 Å². The van der Waals surface area contributed by atoms with Crippen LogP contribution in [0.2, 0.25) is 0 Å². The number of nitrogens with two attached hydrogens (primary N) is 1. The van der Waals surface area contributed by atoms with Gasteiger partial charge in [0.2, 0.25) is 0 Å². The van der Waals surface area contributed by atoms with E-state index in [4.69, 9.17) is 5.73 Å². The lowest BCUT2D eigenvalue weighted by atomic mass is 9.84. The highest BCUT2D eigenvalue weighted by Gasteiger charge is 2.16. The van der Waals surface area contributed by atoms with Crippen molar-refractivity contribution in [3.05, 3.63) is 22.4 Å². The minimum Gasteiger partial charge on any atom is -0.330 e. The molecule has 104 valence electrons. The van der Waals surface area contributed by atoms with Crippen molar-refractivity contribution in [3.8, 4) is 0 Å². The highest BCUT2D eigenvalue weighted by molar-refractivity contribution is 7.09. The molecule has 0 atom stereocenters. The topological polar surface area (TPSA) is 29.3 Å². The van der Waals surface area contributed by atoms with Gasteiger partial charge in [-0.2, -0.15) is 0 Å². The Kier molecular flexibility index (Phi) is 6.90. The highest BCUT2D eigenvalue weighted by atomic mass is 32.1. The maximum Gasteiger partial charge on any atom is 0.0327 e. The van der Waals surface area contributed by atoms with Crippen molar-refractivity contribution in [2.24, 2.45) is 11.1 Å². The van der Waals surface area contributed by atoms with E-state index in [1.807, 2.05) is 11.3 Å². The smallest absolute Gasteiger partial charge is 0.0327 e. The molecule has 1 heterocycles. The molecule has 1 aromatic rings. The van der Waals surface area contributed by atoms with E-state index >= 15 is 0 Å². The van der Waals surface area contributed by atoms with Crippen LogP contribution < -0.4 is 5.73 Å². The molecule has 0 unspecified atom stereocenters. The van der Waals surface area contributed by atoms with Gasteiger partial charge in [0.15, 0.2) is 0 Å². The molecule has 0 aliphatic heterocycles. The summed E-state index contributed by atoms with van der Waals surface area (Å²) in [5.74, 6) is 0. The second-order valence-electron chi connectivity index (χ2n) is 5.75. The van der Waals surface area contributed by atoms with Crippen LogP contribution in [0.15, 0.2) is 17.5 Å². The summed E-state index contributed by atoms with van der Waals surface area (Å²) < 4.78 is 0. The zero-order chi connectivity index (χ0) is 13.4. The van der Waals surface area contributed by atoms with E-state index in [-0.39, 0.29) is 0 Å². The summed E-state index contributed by atoms with van der Waals surface area (Å²) in [5, 5.41) is 2.16. The molecule has 0 fully saturated rings. The number of hydrogen-bond donors (Lipinski definition) is 1. The molecular formula is C15H28N2S. The summed E-state index contributed by atoms with van der Waals surface area (Å²) in [7, 11) is 0. The summed E-state index contributed by atoms with van der Waals surface area (Å²) in [6, 6.07) is 4.36.